The van der Waals surface area contributed by atoms with E-state index in [1.165, 1.54) is 5.56 Å². The number of benzene rings is 2. The standard InChI is InChI=1S/C19H20ClN3O2/c20-17-7-5-15(6-8-17)14-22-9-11-23(12-10-22)21-13-16-3-1-2-4-18(16)19(24)25/h1-8,13H,9-12,14H2,(H,24,25). The maximum atomic E-state index is 11.2. The van der Waals surface area contributed by atoms with Gasteiger partial charge < -0.3 is 5.11 Å². The monoisotopic (exact) mass is 357 g/mol. The van der Waals surface area contributed by atoms with Crippen molar-refractivity contribution < 1.29 is 9.90 Å². The van der Waals surface area contributed by atoms with Crippen LogP contribution < -0.4 is 0 Å². The summed E-state index contributed by atoms with van der Waals surface area (Å²) in [4.78, 5) is 13.6. The first-order valence-corrected chi connectivity index (χ1v) is 8.57. The Morgan fingerprint density at radius 3 is 2.44 bits per heavy atom. The van der Waals surface area contributed by atoms with Crippen LogP contribution in [0.25, 0.3) is 0 Å². The van der Waals surface area contributed by atoms with E-state index in [4.69, 9.17) is 11.6 Å². The number of nitrogens with zero attached hydrogens (tertiary/aromatic N) is 3. The Hall–Kier alpha value is -2.37. The zero-order valence-corrected chi connectivity index (χ0v) is 14.6. The van der Waals surface area contributed by atoms with E-state index in [9.17, 15) is 9.90 Å². The normalized spacial score (nSPS) is 15.6. The summed E-state index contributed by atoms with van der Waals surface area (Å²) in [6.07, 6.45) is 1.64. The van der Waals surface area contributed by atoms with Crippen LogP contribution in [-0.4, -0.2) is 53.4 Å². The summed E-state index contributed by atoms with van der Waals surface area (Å²) in [5, 5.41) is 16.4. The van der Waals surface area contributed by atoms with Crippen LogP contribution in [0.5, 0.6) is 0 Å². The largest absolute Gasteiger partial charge is 0.478 e. The molecule has 0 aromatic heterocycles. The smallest absolute Gasteiger partial charge is 0.336 e. The van der Waals surface area contributed by atoms with Gasteiger partial charge in [-0.3, -0.25) is 9.91 Å². The highest BCUT2D eigenvalue weighted by molar-refractivity contribution is 6.30. The molecule has 0 unspecified atom stereocenters. The molecule has 1 N–H and O–H groups in total. The Morgan fingerprint density at radius 1 is 1.08 bits per heavy atom. The molecule has 5 nitrogen and oxygen atoms in total. The SMILES string of the molecule is O=C(O)c1ccccc1C=NN1CCN(Cc2ccc(Cl)cc2)CC1. The molecule has 2 aromatic carbocycles. The molecule has 2 aromatic rings. The lowest BCUT2D eigenvalue weighted by Crippen LogP contribution is -2.43. The minimum Gasteiger partial charge on any atom is -0.478 e. The van der Waals surface area contributed by atoms with Gasteiger partial charge in [-0.2, -0.15) is 5.10 Å². The van der Waals surface area contributed by atoms with Crippen molar-refractivity contribution in [3.8, 4) is 0 Å². The molecule has 0 spiro atoms. The number of carbonyl (C=O) groups is 1. The van der Waals surface area contributed by atoms with Crippen molar-refractivity contribution in [2.45, 2.75) is 6.54 Å². The van der Waals surface area contributed by atoms with Crippen molar-refractivity contribution in [3.05, 3.63) is 70.2 Å². The zero-order valence-electron chi connectivity index (χ0n) is 13.8. The summed E-state index contributed by atoms with van der Waals surface area (Å²) >= 11 is 5.92. The second-order valence-corrected chi connectivity index (χ2v) is 6.43. The van der Waals surface area contributed by atoms with E-state index >= 15 is 0 Å². The number of aromatic carboxylic acids is 1. The van der Waals surface area contributed by atoms with Crippen LogP contribution >= 0.6 is 11.6 Å². The van der Waals surface area contributed by atoms with Crippen LogP contribution in [0.4, 0.5) is 0 Å². The average molecular weight is 358 g/mol. The highest BCUT2D eigenvalue weighted by Gasteiger charge is 2.15. The first kappa shape index (κ1) is 17.5. The van der Waals surface area contributed by atoms with Crippen molar-refractivity contribution >= 4 is 23.8 Å². The second kappa shape index (κ2) is 8.14. The molecule has 1 aliphatic heterocycles. The first-order chi connectivity index (χ1) is 12.1. The first-order valence-electron chi connectivity index (χ1n) is 8.20. The van der Waals surface area contributed by atoms with Gasteiger partial charge in [-0.15, -0.1) is 0 Å². The number of piperazine rings is 1. The van der Waals surface area contributed by atoms with Crippen LogP contribution in [0.3, 0.4) is 0 Å². The molecule has 0 atom stereocenters. The van der Waals surface area contributed by atoms with Gasteiger partial charge in [-0.25, -0.2) is 4.79 Å². The van der Waals surface area contributed by atoms with E-state index in [1.54, 1.807) is 24.4 Å². The fourth-order valence-electron chi connectivity index (χ4n) is 2.81. The highest BCUT2D eigenvalue weighted by atomic mass is 35.5. The molecular formula is C19H20ClN3O2. The third-order valence-electron chi connectivity index (χ3n) is 4.22. The molecule has 3 rings (SSSR count). The molecule has 1 saturated heterocycles. The Balaban J connectivity index is 1.54. The number of rotatable bonds is 5. The molecule has 25 heavy (non-hydrogen) atoms. The van der Waals surface area contributed by atoms with Crippen LogP contribution in [0.1, 0.15) is 21.5 Å². The van der Waals surface area contributed by atoms with Crippen molar-refractivity contribution in [2.75, 3.05) is 26.2 Å². The van der Waals surface area contributed by atoms with E-state index in [2.05, 4.69) is 22.1 Å². The molecule has 0 radical (unpaired) electrons. The van der Waals surface area contributed by atoms with E-state index in [0.29, 0.717) is 5.56 Å². The number of carboxylic acid groups (broad SMARTS) is 1. The fraction of sp³-hybridized carbons (Fsp3) is 0.263. The van der Waals surface area contributed by atoms with Gasteiger partial charge in [0.1, 0.15) is 0 Å². The maximum Gasteiger partial charge on any atom is 0.336 e. The number of hydrogen-bond donors (Lipinski definition) is 1. The number of halogens is 1. The zero-order chi connectivity index (χ0) is 17.6. The maximum absolute atomic E-state index is 11.2. The highest BCUT2D eigenvalue weighted by Crippen LogP contribution is 2.13. The van der Waals surface area contributed by atoms with Gasteiger partial charge in [0.15, 0.2) is 0 Å². The third kappa shape index (κ3) is 4.81. The number of hydrogen-bond acceptors (Lipinski definition) is 4. The van der Waals surface area contributed by atoms with Crippen molar-refractivity contribution in [2.24, 2.45) is 5.10 Å². The summed E-state index contributed by atoms with van der Waals surface area (Å²) in [5.41, 5.74) is 2.14. The molecule has 0 bridgehead atoms. The van der Waals surface area contributed by atoms with Gasteiger partial charge in [0.25, 0.3) is 0 Å². The van der Waals surface area contributed by atoms with Crippen LogP contribution in [0.2, 0.25) is 5.02 Å². The van der Waals surface area contributed by atoms with E-state index in [0.717, 1.165) is 37.7 Å². The summed E-state index contributed by atoms with van der Waals surface area (Å²) in [6, 6.07) is 14.8. The molecular weight excluding hydrogens is 338 g/mol. The van der Waals surface area contributed by atoms with Crippen LogP contribution in [0.15, 0.2) is 53.6 Å². The summed E-state index contributed by atoms with van der Waals surface area (Å²) in [7, 11) is 0. The molecule has 0 aliphatic carbocycles. The minimum absolute atomic E-state index is 0.271. The van der Waals surface area contributed by atoms with Crippen LogP contribution in [0, 0.1) is 0 Å². The van der Waals surface area contributed by atoms with Crippen molar-refractivity contribution in [1.82, 2.24) is 9.91 Å². The molecule has 1 heterocycles. The van der Waals surface area contributed by atoms with E-state index in [-0.39, 0.29) is 5.56 Å². The lowest BCUT2D eigenvalue weighted by Gasteiger charge is -2.33. The number of carboxylic acids is 1. The molecule has 6 heteroatoms. The summed E-state index contributed by atoms with van der Waals surface area (Å²) in [6.45, 7) is 4.37. The summed E-state index contributed by atoms with van der Waals surface area (Å²) in [5.74, 6) is -0.935. The lowest BCUT2D eigenvalue weighted by molar-refractivity contribution is 0.0696. The lowest BCUT2D eigenvalue weighted by atomic mass is 10.1. The van der Waals surface area contributed by atoms with Crippen molar-refractivity contribution in [3.63, 3.8) is 0 Å². The molecule has 1 aliphatic rings. The minimum atomic E-state index is -0.935. The topological polar surface area (TPSA) is 56.1 Å². The predicted octanol–water partition coefficient (Wildman–Crippen LogP) is 3.19. The molecule has 130 valence electrons. The third-order valence-corrected chi connectivity index (χ3v) is 4.47. The van der Waals surface area contributed by atoms with Gasteiger partial charge in [-0.05, 0) is 23.8 Å². The predicted molar refractivity (Wildman–Crippen MR) is 99.3 cm³/mol. The van der Waals surface area contributed by atoms with Gasteiger partial charge in [0.05, 0.1) is 11.8 Å². The van der Waals surface area contributed by atoms with Gasteiger partial charge >= 0.3 is 5.97 Å². The second-order valence-electron chi connectivity index (χ2n) is 5.99. The Labute approximate surface area is 152 Å². The molecule has 0 saturated carbocycles. The van der Waals surface area contributed by atoms with Gasteiger partial charge in [-0.1, -0.05) is 41.9 Å². The van der Waals surface area contributed by atoms with Crippen molar-refractivity contribution in [1.29, 1.82) is 0 Å². The Morgan fingerprint density at radius 2 is 1.76 bits per heavy atom. The Bertz CT molecular complexity index is 754. The summed E-state index contributed by atoms with van der Waals surface area (Å²) < 4.78 is 0. The van der Waals surface area contributed by atoms with E-state index in [1.807, 2.05) is 23.2 Å². The van der Waals surface area contributed by atoms with E-state index < -0.39 is 5.97 Å². The Kier molecular flexibility index (Phi) is 5.68. The number of hydrazone groups is 1. The molecule has 1 fully saturated rings. The molecule has 0 amide bonds. The average Bonchev–Trinajstić information content (AvgIpc) is 2.63. The van der Waals surface area contributed by atoms with Gasteiger partial charge in [0, 0.05) is 43.3 Å². The fourth-order valence-corrected chi connectivity index (χ4v) is 2.93. The van der Waals surface area contributed by atoms with Crippen LogP contribution in [-0.2, 0) is 6.54 Å². The quantitative estimate of drug-likeness (QED) is 0.835. The van der Waals surface area contributed by atoms with Gasteiger partial charge in [0.2, 0.25) is 0 Å².